The minimum atomic E-state index is -0.666. The van der Waals surface area contributed by atoms with Gasteiger partial charge >= 0.3 is 0 Å². The van der Waals surface area contributed by atoms with Gasteiger partial charge in [0.15, 0.2) is 0 Å². The molecule has 0 aliphatic carbocycles. The monoisotopic (exact) mass is 192 g/mol. The molecule has 0 saturated heterocycles. The first-order valence-corrected chi connectivity index (χ1v) is 4.27. The fourth-order valence-electron chi connectivity index (χ4n) is 0.916. The molecule has 14 heavy (non-hydrogen) atoms. The lowest BCUT2D eigenvalue weighted by atomic mass is 10.2. The SMILES string of the molecule is N#Cc1cccc(OC[C@@H](O)CN)c1. The lowest BCUT2D eigenvalue weighted by molar-refractivity contribution is 0.114. The third-order valence-electron chi connectivity index (χ3n) is 1.68. The summed E-state index contributed by atoms with van der Waals surface area (Å²) < 4.78 is 5.22. The minimum absolute atomic E-state index is 0.144. The van der Waals surface area contributed by atoms with E-state index in [9.17, 15) is 0 Å². The van der Waals surface area contributed by atoms with Crippen LogP contribution in [0.5, 0.6) is 5.75 Å². The number of rotatable bonds is 4. The van der Waals surface area contributed by atoms with E-state index >= 15 is 0 Å². The van der Waals surface area contributed by atoms with Crippen LogP contribution in [-0.2, 0) is 0 Å². The van der Waals surface area contributed by atoms with Crippen LogP contribution in [0.2, 0.25) is 0 Å². The van der Waals surface area contributed by atoms with Crippen molar-refractivity contribution in [2.75, 3.05) is 13.2 Å². The first-order valence-electron chi connectivity index (χ1n) is 4.27. The number of hydrogen-bond donors (Lipinski definition) is 2. The van der Waals surface area contributed by atoms with Crippen LogP contribution in [-0.4, -0.2) is 24.4 Å². The standard InChI is InChI=1S/C10H12N2O2/c11-5-8-2-1-3-10(4-8)14-7-9(13)6-12/h1-4,9,13H,6-7,12H2/t9-/m0/s1. The summed E-state index contributed by atoms with van der Waals surface area (Å²) in [7, 11) is 0. The molecule has 0 radical (unpaired) electrons. The van der Waals surface area contributed by atoms with Crippen molar-refractivity contribution in [3.05, 3.63) is 29.8 Å². The molecule has 0 bridgehead atoms. The van der Waals surface area contributed by atoms with E-state index in [0.717, 1.165) is 0 Å². The summed E-state index contributed by atoms with van der Waals surface area (Å²) in [5.41, 5.74) is 5.74. The highest BCUT2D eigenvalue weighted by Crippen LogP contribution is 2.12. The summed E-state index contributed by atoms with van der Waals surface area (Å²) in [6.45, 7) is 0.309. The Morgan fingerprint density at radius 1 is 1.57 bits per heavy atom. The van der Waals surface area contributed by atoms with E-state index < -0.39 is 6.10 Å². The van der Waals surface area contributed by atoms with Crippen LogP contribution in [0.15, 0.2) is 24.3 Å². The molecule has 0 spiro atoms. The molecular formula is C10H12N2O2. The zero-order valence-corrected chi connectivity index (χ0v) is 7.68. The lowest BCUT2D eigenvalue weighted by Gasteiger charge is -2.09. The zero-order valence-electron chi connectivity index (χ0n) is 7.68. The summed E-state index contributed by atoms with van der Waals surface area (Å²) in [5, 5.41) is 17.7. The molecule has 1 aromatic rings. The Kier molecular flexibility index (Phi) is 3.92. The molecule has 1 rings (SSSR count). The molecule has 3 N–H and O–H groups in total. The van der Waals surface area contributed by atoms with Crippen LogP contribution in [0.3, 0.4) is 0 Å². The first-order chi connectivity index (χ1) is 6.76. The Morgan fingerprint density at radius 3 is 3.00 bits per heavy atom. The molecule has 0 amide bonds. The number of aliphatic hydroxyl groups is 1. The van der Waals surface area contributed by atoms with E-state index in [-0.39, 0.29) is 13.2 Å². The highest BCUT2D eigenvalue weighted by molar-refractivity contribution is 5.36. The van der Waals surface area contributed by atoms with Crippen molar-refractivity contribution in [2.24, 2.45) is 5.73 Å². The van der Waals surface area contributed by atoms with Gasteiger partial charge < -0.3 is 15.6 Å². The van der Waals surface area contributed by atoms with E-state index in [1.807, 2.05) is 6.07 Å². The molecule has 0 aliphatic rings. The summed E-state index contributed by atoms with van der Waals surface area (Å²) in [5.74, 6) is 0.566. The molecule has 0 aromatic heterocycles. The molecule has 0 aliphatic heterocycles. The maximum absolute atomic E-state index is 9.13. The average molecular weight is 192 g/mol. The van der Waals surface area contributed by atoms with Gasteiger partial charge in [0.25, 0.3) is 0 Å². The second-order valence-corrected chi connectivity index (χ2v) is 2.84. The molecule has 1 aromatic carbocycles. The summed E-state index contributed by atoms with van der Waals surface area (Å²) in [4.78, 5) is 0. The second-order valence-electron chi connectivity index (χ2n) is 2.84. The molecule has 1 atom stereocenters. The quantitative estimate of drug-likeness (QED) is 0.717. The molecule has 74 valence electrons. The van der Waals surface area contributed by atoms with Crippen molar-refractivity contribution < 1.29 is 9.84 Å². The average Bonchev–Trinajstić information content (AvgIpc) is 2.26. The smallest absolute Gasteiger partial charge is 0.120 e. The van der Waals surface area contributed by atoms with Crippen LogP contribution in [0.1, 0.15) is 5.56 Å². The largest absolute Gasteiger partial charge is 0.491 e. The topological polar surface area (TPSA) is 79.3 Å². The maximum Gasteiger partial charge on any atom is 0.120 e. The van der Waals surface area contributed by atoms with Crippen molar-refractivity contribution in [3.63, 3.8) is 0 Å². The fourth-order valence-corrected chi connectivity index (χ4v) is 0.916. The van der Waals surface area contributed by atoms with E-state index in [4.69, 9.17) is 20.8 Å². The summed E-state index contributed by atoms with van der Waals surface area (Å²) in [6, 6.07) is 8.75. The maximum atomic E-state index is 9.13. The molecule has 0 fully saturated rings. The Balaban J connectivity index is 2.55. The van der Waals surface area contributed by atoms with Crippen molar-refractivity contribution >= 4 is 0 Å². The van der Waals surface area contributed by atoms with Gasteiger partial charge in [-0.1, -0.05) is 6.07 Å². The molecular weight excluding hydrogens is 180 g/mol. The van der Waals surface area contributed by atoms with Gasteiger partial charge in [0.1, 0.15) is 18.5 Å². The van der Waals surface area contributed by atoms with Crippen molar-refractivity contribution in [3.8, 4) is 11.8 Å². The Morgan fingerprint density at radius 2 is 2.36 bits per heavy atom. The zero-order chi connectivity index (χ0) is 10.4. The number of nitriles is 1. The molecule has 0 saturated carbocycles. The molecule has 0 heterocycles. The number of nitrogens with zero attached hydrogens (tertiary/aromatic N) is 1. The van der Waals surface area contributed by atoms with Gasteiger partial charge in [0, 0.05) is 6.54 Å². The lowest BCUT2D eigenvalue weighted by Crippen LogP contribution is -2.26. The predicted octanol–water partition coefficient (Wildman–Crippen LogP) is 0.257. The second kappa shape index (κ2) is 5.22. The van der Waals surface area contributed by atoms with Gasteiger partial charge in [0.05, 0.1) is 11.6 Å². The molecule has 4 heteroatoms. The van der Waals surface area contributed by atoms with Gasteiger partial charge in [-0.3, -0.25) is 0 Å². The summed E-state index contributed by atoms with van der Waals surface area (Å²) >= 11 is 0. The molecule has 4 nitrogen and oxygen atoms in total. The van der Waals surface area contributed by atoms with E-state index in [2.05, 4.69) is 0 Å². The van der Waals surface area contributed by atoms with Crippen LogP contribution in [0.25, 0.3) is 0 Å². The van der Waals surface area contributed by atoms with Crippen LogP contribution >= 0.6 is 0 Å². The normalized spacial score (nSPS) is 11.8. The van der Waals surface area contributed by atoms with Gasteiger partial charge in [0.2, 0.25) is 0 Å². The van der Waals surface area contributed by atoms with Gasteiger partial charge in [-0.05, 0) is 18.2 Å². The summed E-state index contributed by atoms with van der Waals surface area (Å²) in [6.07, 6.45) is -0.666. The Labute approximate surface area is 82.5 Å². The highest BCUT2D eigenvalue weighted by atomic mass is 16.5. The fraction of sp³-hybridized carbons (Fsp3) is 0.300. The van der Waals surface area contributed by atoms with Gasteiger partial charge in [-0.15, -0.1) is 0 Å². The molecule has 0 unspecified atom stereocenters. The van der Waals surface area contributed by atoms with E-state index in [0.29, 0.717) is 11.3 Å². The third-order valence-corrected chi connectivity index (χ3v) is 1.68. The first kappa shape index (κ1) is 10.5. The highest BCUT2D eigenvalue weighted by Gasteiger charge is 2.02. The van der Waals surface area contributed by atoms with Crippen molar-refractivity contribution in [1.82, 2.24) is 0 Å². The minimum Gasteiger partial charge on any atom is -0.491 e. The van der Waals surface area contributed by atoms with Crippen LogP contribution in [0.4, 0.5) is 0 Å². The Hall–Kier alpha value is -1.57. The van der Waals surface area contributed by atoms with Crippen molar-refractivity contribution in [1.29, 1.82) is 5.26 Å². The van der Waals surface area contributed by atoms with Crippen molar-refractivity contribution in [2.45, 2.75) is 6.10 Å². The number of nitrogens with two attached hydrogens (primary N) is 1. The number of aliphatic hydroxyl groups excluding tert-OH is 1. The Bertz CT molecular complexity index is 333. The number of hydrogen-bond acceptors (Lipinski definition) is 4. The third kappa shape index (κ3) is 3.05. The van der Waals surface area contributed by atoms with Gasteiger partial charge in [-0.2, -0.15) is 5.26 Å². The van der Waals surface area contributed by atoms with E-state index in [1.165, 1.54) is 0 Å². The number of benzene rings is 1. The van der Waals surface area contributed by atoms with Crippen LogP contribution in [0, 0.1) is 11.3 Å². The van der Waals surface area contributed by atoms with E-state index in [1.54, 1.807) is 24.3 Å². The van der Waals surface area contributed by atoms with Crippen LogP contribution < -0.4 is 10.5 Å². The predicted molar refractivity (Wildman–Crippen MR) is 51.7 cm³/mol. The van der Waals surface area contributed by atoms with Gasteiger partial charge in [-0.25, -0.2) is 0 Å². The number of ether oxygens (including phenoxy) is 1.